The summed E-state index contributed by atoms with van der Waals surface area (Å²) >= 11 is 6.17. The molecule has 3 nitrogen and oxygen atoms in total. The van der Waals surface area contributed by atoms with Crippen LogP contribution in [0.15, 0.2) is 60.8 Å². The molecule has 1 aliphatic rings. The number of aromatic nitrogens is 3. The lowest BCUT2D eigenvalue weighted by Gasteiger charge is -2.19. The molecule has 0 amide bonds. The lowest BCUT2D eigenvalue weighted by atomic mass is 9.99. The highest BCUT2D eigenvalue weighted by Crippen LogP contribution is 2.38. The number of nitrogens with zero attached hydrogens (tertiary/aromatic N) is 3. The van der Waals surface area contributed by atoms with Crippen molar-refractivity contribution in [1.29, 1.82) is 0 Å². The Hall–Kier alpha value is -2.65. The lowest BCUT2D eigenvalue weighted by Crippen LogP contribution is -2.10. The van der Waals surface area contributed by atoms with Crippen molar-refractivity contribution in [3.8, 4) is 22.5 Å². The molecule has 0 atom stereocenters. The van der Waals surface area contributed by atoms with Gasteiger partial charge in [-0.3, -0.25) is 4.98 Å². The van der Waals surface area contributed by atoms with Crippen molar-refractivity contribution in [2.75, 3.05) is 0 Å². The van der Waals surface area contributed by atoms with Gasteiger partial charge in [0.05, 0.1) is 23.3 Å². The molecule has 0 radical (unpaired) electrons. The zero-order valence-corrected chi connectivity index (χ0v) is 13.0. The van der Waals surface area contributed by atoms with E-state index in [2.05, 4.69) is 33.8 Å². The Morgan fingerprint density at radius 3 is 2.74 bits per heavy atom. The van der Waals surface area contributed by atoms with Gasteiger partial charge < -0.3 is 4.57 Å². The molecule has 4 aromatic rings. The molecule has 4 heteroatoms. The number of fused-ring (bicyclic) bond motifs is 2. The van der Waals surface area contributed by atoms with E-state index in [0.717, 1.165) is 34.2 Å². The highest BCUT2D eigenvalue weighted by molar-refractivity contribution is 6.30. The Morgan fingerprint density at radius 1 is 0.957 bits per heavy atom. The van der Waals surface area contributed by atoms with Crippen molar-refractivity contribution in [2.24, 2.45) is 0 Å². The number of rotatable bonds is 1. The summed E-state index contributed by atoms with van der Waals surface area (Å²) in [6, 6.07) is 18.2. The maximum atomic E-state index is 6.17. The molecule has 0 bridgehead atoms. The number of benzene rings is 2. The summed E-state index contributed by atoms with van der Waals surface area (Å²) in [5, 5.41) is 0.719. The van der Waals surface area contributed by atoms with E-state index in [1.165, 1.54) is 16.6 Å². The first kappa shape index (κ1) is 12.9. The summed E-state index contributed by atoms with van der Waals surface area (Å²) in [6.07, 6.45) is 1.85. The highest BCUT2D eigenvalue weighted by atomic mass is 35.5. The van der Waals surface area contributed by atoms with Crippen LogP contribution in [0.5, 0.6) is 0 Å². The highest BCUT2D eigenvalue weighted by Gasteiger charge is 2.23. The topological polar surface area (TPSA) is 30.7 Å². The summed E-state index contributed by atoms with van der Waals surface area (Å²) in [7, 11) is 0. The van der Waals surface area contributed by atoms with E-state index in [-0.39, 0.29) is 0 Å². The zero-order valence-electron chi connectivity index (χ0n) is 12.2. The molecule has 110 valence electrons. The minimum Gasteiger partial charge on any atom is -0.317 e. The molecule has 0 spiro atoms. The monoisotopic (exact) mass is 317 g/mol. The largest absolute Gasteiger partial charge is 0.317 e. The van der Waals surface area contributed by atoms with Crippen LogP contribution in [0.2, 0.25) is 5.02 Å². The number of imidazole rings is 1. The fourth-order valence-corrected chi connectivity index (χ4v) is 3.55. The van der Waals surface area contributed by atoms with Crippen LogP contribution >= 0.6 is 11.6 Å². The third kappa shape index (κ3) is 1.83. The number of halogens is 1. The smallest absolute Gasteiger partial charge is 0.141 e. The molecule has 23 heavy (non-hydrogen) atoms. The fraction of sp³-hybridized carbons (Fsp3) is 0.0526. The SMILES string of the molecule is Clc1cccc(-c2nc3cccc4c3n2Cc2ncccc2-4)c1. The average Bonchev–Trinajstić information content (AvgIpc) is 2.95. The van der Waals surface area contributed by atoms with Gasteiger partial charge in [0.2, 0.25) is 0 Å². The summed E-state index contributed by atoms with van der Waals surface area (Å²) in [6.45, 7) is 0.728. The molecule has 0 saturated heterocycles. The van der Waals surface area contributed by atoms with Crippen molar-refractivity contribution in [2.45, 2.75) is 6.54 Å². The lowest BCUT2D eigenvalue weighted by molar-refractivity contribution is 0.799. The summed E-state index contributed by atoms with van der Waals surface area (Å²) in [5.41, 5.74) is 6.67. The van der Waals surface area contributed by atoms with E-state index in [1.54, 1.807) is 0 Å². The van der Waals surface area contributed by atoms with Crippen LogP contribution < -0.4 is 0 Å². The average molecular weight is 318 g/mol. The van der Waals surface area contributed by atoms with Gasteiger partial charge in [-0.05, 0) is 24.3 Å². The first-order valence-electron chi connectivity index (χ1n) is 7.51. The van der Waals surface area contributed by atoms with Crippen molar-refractivity contribution < 1.29 is 0 Å². The molecular formula is C19H12ClN3. The van der Waals surface area contributed by atoms with E-state index >= 15 is 0 Å². The summed E-state index contributed by atoms with van der Waals surface area (Å²) in [4.78, 5) is 9.42. The minimum absolute atomic E-state index is 0.719. The Labute approximate surface area is 138 Å². The maximum absolute atomic E-state index is 6.17. The van der Waals surface area contributed by atoms with E-state index in [0.29, 0.717) is 0 Å². The van der Waals surface area contributed by atoms with Crippen molar-refractivity contribution in [3.63, 3.8) is 0 Å². The van der Waals surface area contributed by atoms with E-state index in [1.807, 2.05) is 36.5 Å². The fourth-order valence-electron chi connectivity index (χ4n) is 3.36. The third-order valence-electron chi connectivity index (χ3n) is 4.34. The van der Waals surface area contributed by atoms with Gasteiger partial charge in [-0.15, -0.1) is 0 Å². The minimum atomic E-state index is 0.719. The second-order valence-corrected chi connectivity index (χ2v) is 6.14. The quantitative estimate of drug-likeness (QED) is 0.445. The van der Waals surface area contributed by atoms with Gasteiger partial charge in [-0.2, -0.15) is 0 Å². The van der Waals surface area contributed by atoms with Gasteiger partial charge in [0.15, 0.2) is 0 Å². The second-order valence-electron chi connectivity index (χ2n) is 5.70. The molecule has 2 aromatic carbocycles. The number of hydrogen-bond acceptors (Lipinski definition) is 2. The normalized spacial score (nSPS) is 12.4. The Bertz CT molecular complexity index is 1070. The summed E-state index contributed by atoms with van der Waals surface area (Å²) < 4.78 is 2.24. The van der Waals surface area contributed by atoms with Gasteiger partial charge in [-0.1, -0.05) is 41.9 Å². The molecule has 1 aliphatic heterocycles. The van der Waals surface area contributed by atoms with Gasteiger partial charge in [0.25, 0.3) is 0 Å². The van der Waals surface area contributed by atoms with Gasteiger partial charge >= 0.3 is 0 Å². The second kappa shape index (κ2) is 4.67. The van der Waals surface area contributed by atoms with Crippen LogP contribution in [-0.2, 0) is 6.54 Å². The van der Waals surface area contributed by atoms with E-state index in [4.69, 9.17) is 16.6 Å². The Kier molecular flexibility index (Phi) is 2.61. The number of pyridine rings is 1. The standard InChI is InChI=1S/C19H12ClN3/c20-13-5-1-4-12(10-13)19-22-16-8-2-6-15-14-7-3-9-21-17(14)11-23(19)18(15)16/h1-10H,11H2. The van der Waals surface area contributed by atoms with Crippen LogP contribution in [0.4, 0.5) is 0 Å². The molecule has 0 N–H and O–H groups in total. The third-order valence-corrected chi connectivity index (χ3v) is 4.57. The van der Waals surface area contributed by atoms with Gasteiger partial charge in [0.1, 0.15) is 5.82 Å². The van der Waals surface area contributed by atoms with E-state index < -0.39 is 0 Å². The zero-order chi connectivity index (χ0) is 15.4. The van der Waals surface area contributed by atoms with Crippen LogP contribution in [0.3, 0.4) is 0 Å². The molecule has 2 aromatic heterocycles. The number of para-hydroxylation sites is 1. The van der Waals surface area contributed by atoms with Crippen molar-refractivity contribution in [1.82, 2.24) is 14.5 Å². The molecule has 5 rings (SSSR count). The van der Waals surface area contributed by atoms with Crippen LogP contribution in [0, 0.1) is 0 Å². The predicted octanol–water partition coefficient (Wildman–Crippen LogP) is 4.78. The van der Waals surface area contributed by atoms with Crippen LogP contribution in [0.25, 0.3) is 33.5 Å². The Morgan fingerprint density at radius 2 is 1.83 bits per heavy atom. The van der Waals surface area contributed by atoms with Gasteiger partial charge in [-0.25, -0.2) is 4.98 Å². The maximum Gasteiger partial charge on any atom is 0.141 e. The molecule has 3 heterocycles. The van der Waals surface area contributed by atoms with Crippen molar-refractivity contribution >= 4 is 22.6 Å². The predicted molar refractivity (Wildman–Crippen MR) is 92.5 cm³/mol. The molecule has 0 aliphatic carbocycles. The Balaban J connectivity index is 1.87. The molecular weight excluding hydrogens is 306 g/mol. The van der Waals surface area contributed by atoms with Crippen LogP contribution in [0.1, 0.15) is 5.69 Å². The summed E-state index contributed by atoms with van der Waals surface area (Å²) in [5.74, 6) is 0.936. The van der Waals surface area contributed by atoms with E-state index in [9.17, 15) is 0 Å². The number of hydrogen-bond donors (Lipinski definition) is 0. The van der Waals surface area contributed by atoms with Crippen LogP contribution in [-0.4, -0.2) is 14.5 Å². The molecule has 0 fully saturated rings. The molecule has 0 saturated carbocycles. The first-order chi connectivity index (χ1) is 11.3. The van der Waals surface area contributed by atoms with Gasteiger partial charge in [0, 0.05) is 27.9 Å². The first-order valence-corrected chi connectivity index (χ1v) is 7.88. The van der Waals surface area contributed by atoms with Crippen molar-refractivity contribution in [3.05, 3.63) is 71.5 Å². The molecule has 0 unspecified atom stereocenters.